The first-order chi connectivity index (χ1) is 14.1. The number of hydrogen-bond acceptors (Lipinski definition) is 3. The van der Waals surface area contributed by atoms with E-state index in [4.69, 9.17) is 4.74 Å². The van der Waals surface area contributed by atoms with Crippen molar-refractivity contribution in [3.05, 3.63) is 59.2 Å². The smallest absolute Gasteiger partial charge is 0.224 e. The van der Waals surface area contributed by atoms with E-state index in [9.17, 15) is 4.79 Å². The second-order valence-corrected chi connectivity index (χ2v) is 8.57. The van der Waals surface area contributed by atoms with Gasteiger partial charge in [-0.15, -0.1) is 0 Å². The molecule has 2 aliphatic rings. The van der Waals surface area contributed by atoms with Gasteiger partial charge >= 0.3 is 0 Å². The summed E-state index contributed by atoms with van der Waals surface area (Å²) in [5.74, 6) is 0.726. The van der Waals surface area contributed by atoms with Gasteiger partial charge in [-0.25, -0.2) is 0 Å². The van der Waals surface area contributed by atoms with E-state index in [1.54, 1.807) is 0 Å². The molecule has 1 unspecified atom stereocenters. The van der Waals surface area contributed by atoms with Crippen LogP contribution in [0.25, 0.3) is 0 Å². The van der Waals surface area contributed by atoms with Crippen LogP contribution in [0.4, 0.5) is 11.4 Å². The van der Waals surface area contributed by atoms with Gasteiger partial charge in [-0.1, -0.05) is 43.2 Å². The minimum absolute atomic E-state index is 0.0938. The molecule has 4 nitrogen and oxygen atoms in total. The first-order valence-corrected chi connectivity index (χ1v) is 10.9. The molecule has 1 aliphatic heterocycles. The third-order valence-electron chi connectivity index (χ3n) is 6.33. The van der Waals surface area contributed by atoms with Gasteiger partial charge in [0, 0.05) is 30.9 Å². The molecule has 2 fully saturated rings. The van der Waals surface area contributed by atoms with Crippen LogP contribution >= 0.6 is 0 Å². The van der Waals surface area contributed by atoms with Crippen molar-refractivity contribution < 1.29 is 9.53 Å². The molecule has 0 spiro atoms. The van der Waals surface area contributed by atoms with Crippen LogP contribution in [0.2, 0.25) is 0 Å². The maximum absolute atomic E-state index is 12.5. The Kier molecular flexibility index (Phi) is 6.19. The molecule has 1 atom stereocenters. The molecule has 1 saturated carbocycles. The quantitative estimate of drug-likeness (QED) is 0.741. The molecule has 0 bridgehead atoms. The van der Waals surface area contributed by atoms with Crippen LogP contribution < -0.4 is 10.2 Å². The normalized spacial score (nSPS) is 20.1. The lowest BCUT2D eigenvalue weighted by atomic mass is 10.0. The van der Waals surface area contributed by atoms with Crippen molar-refractivity contribution in [3.63, 3.8) is 0 Å². The van der Waals surface area contributed by atoms with Crippen molar-refractivity contribution in [1.29, 1.82) is 0 Å². The molecular weight excluding hydrogens is 360 g/mol. The molecular formula is C25H32N2O2. The summed E-state index contributed by atoms with van der Waals surface area (Å²) < 4.78 is 6.02. The number of anilines is 2. The summed E-state index contributed by atoms with van der Waals surface area (Å²) in [6.07, 6.45) is 5.69. The highest BCUT2D eigenvalue weighted by molar-refractivity contribution is 5.93. The van der Waals surface area contributed by atoms with Gasteiger partial charge < -0.3 is 15.0 Å². The van der Waals surface area contributed by atoms with Crippen molar-refractivity contribution in [2.75, 3.05) is 29.9 Å². The monoisotopic (exact) mass is 392 g/mol. The summed E-state index contributed by atoms with van der Waals surface area (Å²) in [6.45, 7) is 6.64. The third-order valence-corrected chi connectivity index (χ3v) is 6.33. The van der Waals surface area contributed by atoms with Gasteiger partial charge in [0.1, 0.15) is 6.10 Å². The molecule has 154 valence electrons. The number of carbonyl (C=O) groups excluding carboxylic acids is 1. The largest absolute Gasteiger partial charge is 0.370 e. The van der Waals surface area contributed by atoms with Gasteiger partial charge in [-0.3, -0.25) is 4.79 Å². The predicted octanol–water partition coefficient (Wildman–Crippen LogP) is 5.40. The molecule has 1 amide bonds. The number of hydrogen-bond donors (Lipinski definition) is 1. The first-order valence-electron chi connectivity index (χ1n) is 10.9. The van der Waals surface area contributed by atoms with E-state index in [0.29, 0.717) is 12.3 Å². The zero-order valence-electron chi connectivity index (χ0n) is 17.6. The van der Waals surface area contributed by atoms with E-state index in [1.807, 2.05) is 6.07 Å². The Morgan fingerprint density at radius 2 is 1.79 bits per heavy atom. The summed E-state index contributed by atoms with van der Waals surface area (Å²) in [5.41, 5.74) is 5.66. The number of benzene rings is 2. The summed E-state index contributed by atoms with van der Waals surface area (Å²) in [7, 11) is 0. The molecule has 1 N–H and O–H groups in total. The van der Waals surface area contributed by atoms with E-state index in [2.05, 4.69) is 60.5 Å². The summed E-state index contributed by atoms with van der Waals surface area (Å²) in [5, 5.41) is 3.19. The van der Waals surface area contributed by atoms with Crippen LogP contribution in [0.15, 0.2) is 42.5 Å². The molecule has 1 heterocycles. The highest BCUT2D eigenvalue weighted by Crippen LogP contribution is 2.32. The third kappa shape index (κ3) is 4.81. The number of morpholine rings is 1. The average molecular weight is 393 g/mol. The molecule has 1 aliphatic carbocycles. The zero-order valence-corrected chi connectivity index (χ0v) is 17.6. The van der Waals surface area contributed by atoms with Gasteiger partial charge in [0.25, 0.3) is 0 Å². The van der Waals surface area contributed by atoms with E-state index in [0.717, 1.165) is 36.5 Å². The molecule has 4 heteroatoms. The molecule has 29 heavy (non-hydrogen) atoms. The van der Waals surface area contributed by atoms with E-state index in [-0.39, 0.29) is 12.0 Å². The molecule has 2 aromatic carbocycles. The van der Waals surface area contributed by atoms with Crippen LogP contribution in [0.3, 0.4) is 0 Å². The van der Waals surface area contributed by atoms with E-state index < -0.39 is 0 Å². The van der Waals surface area contributed by atoms with Crippen molar-refractivity contribution in [2.45, 2.75) is 52.1 Å². The molecule has 1 saturated heterocycles. The van der Waals surface area contributed by atoms with Gasteiger partial charge in [0.2, 0.25) is 5.91 Å². The van der Waals surface area contributed by atoms with Gasteiger partial charge in [-0.2, -0.15) is 0 Å². The zero-order chi connectivity index (χ0) is 20.2. The maximum atomic E-state index is 12.5. The Morgan fingerprint density at radius 1 is 1.10 bits per heavy atom. The van der Waals surface area contributed by atoms with Crippen LogP contribution in [0.5, 0.6) is 0 Å². The van der Waals surface area contributed by atoms with Crippen molar-refractivity contribution >= 4 is 17.3 Å². The Labute approximate surface area is 174 Å². The Hall–Kier alpha value is -2.33. The van der Waals surface area contributed by atoms with Gasteiger partial charge in [-0.05, 0) is 61.4 Å². The highest BCUT2D eigenvalue weighted by Gasteiger charge is 2.23. The van der Waals surface area contributed by atoms with Crippen molar-refractivity contribution in [1.82, 2.24) is 0 Å². The molecule has 0 radical (unpaired) electrons. The topological polar surface area (TPSA) is 41.6 Å². The number of amides is 1. The van der Waals surface area contributed by atoms with Gasteiger partial charge in [0.15, 0.2) is 0 Å². The van der Waals surface area contributed by atoms with Crippen LogP contribution in [-0.4, -0.2) is 25.6 Å². The van der Waals surface area contributed by atoms with Crippen LogP contribution in [0, 0.1) is 19.8 Å². The average Bonchev–Trinajstić information content (AvgIpc) is 3.24. The number of aryl methyl sites for hydroxylation is 2. The number of carbonyl (C=O) groups is 1. The lowest BCUT2D eigenvalue weighted by Gasteiger charge is -2.35. The Morgan fingerprint density at radius 3 is 2.48 bits per heavy atom. The lowest BCUT2D eigenvalue weighted by Crippen LogP contribution is -2.38. The fraction of sp³-hybridized carbons (Fsp3) is 0.480. The predicted molar refractivity (Wildman–Crippen MR) is 118 cm³/mol. The maximum Gasteiger partial charge on any atom is 0.224 e. The first kappa shape index (κ1) is 20.0. The Bertz CT molecular complexity index is 820. The molecule has 0 aromatic heterocycles. The van der Waals surface area contributed by atoms with Crippen molar-refractivity contribution in [2.24, 2.45) is 5.92 Å². The molecule has 2 aromatic rings. The van der Waals surface area contributed by atoms with Crippen LogP contribution in [0.1, 0.15) is 54.9 Å². The lowest BCUT2D eigenvalue weighted by molar-refractivity contribution is -0.117. The summed E-state index contributed by atoms with van der Waals surface area (Å²) >= 11 is 0. The second-order valence-electron chi connectivity index (χ2n) is 8.57. The SMILES string of the molecule is Cc1cc(N2CCOC(c3ccccc3)C2)cc(C)c1NC(=O)CC1CCCC1. The minimum atomic E-state index is 0.0938. The van der Waals surface area contributed by atoms with E-state index >= 15 is 0 Å². The van der Waals surface area contributed by atoms with Crippen LogP contribution in [-0.2, 0) is 9.53 Å². The van der Waals surface area contributed by atoms with Crippen molar-refractivity contribution in [3.8, 4) is 0 Å². The Balaban J connectivity index is 1.45. The second kappa shape index (κ2) is 9.00. The van der Waals surface area contributed by atoms with E-state index in [1.165, 1.54) is 36.9 Å². The van der Waals surface area contributed by atoms with Gasteiger partial charge in [0.05, 0.1) is 6.61 Å². The number of rotatable bonds is 5. The minimum Gasteiger partial charge on any atom is -0.370 e. The number of nitrogens with one attached hydrogen (secondary N) is 1. The summed E-state index contributed by atoms with van der Waals surface area (Å²) in [4.78, 5) is 14.9. The number of nitrogens with zero attached hydrogens (tertiary/aromatic N) is 1. The number of ether oxygens (including phenoxy) is 1. The molecule has 4 rings (SSSR count). The standard InChI is InChI=1S/C25H32N2O2/c1-18-14-22(27-12-13-29-23(17-27)21-10-4-3-5-11-21)15-19(2)25(18)26-24(28)16-20-8-6-7-9-20/h3-5,10-11,14-15,20,23H,6-9,12-13,16-17H2,1-2H3,(H,26,28). The fourth-order valence-electron chi connectivity index (χ4n) is 4.74. The fourth-order valence-corrected chi connectivity index (χ4v) is 4.74. The highest BCUT2D eigenvalue weighted by atomic mass is 16.5. The summed E-state index contributed by atoms with van der Waals surface area (Å²) in [6, 6.07) is 14.8.